The molecule has 2 aromatic rings. The Bertz CT molecular complexity index is 663. The molecule has 0 saturated carbocycles. The minimum absolute atomic E-state index is 0.156. The summed E-state index contributed by atoms with van der Waals surface area (Å²) < 4.78 is 0. The largest absolute Gasteiger partial charge is 0.285 e. The summed E-state index contributed by atoms with van der Waals surface area (Å²) >= 11 is 4.12. The minimum atomic E-state index is -0.957. The van der Waals surface area contributed by atoms with Crippen molar-refractivity contribution in [2.24, 2.45) is 0 Å². The van der Waals surface area contributed by atoms with E-state index in [2.05, 4.69) is 12.6 Å². The van der Waals surface area contributed by atoms with Crippen LogP contribution in [-0.4, -0.2) is 0 Å². The smallest absolute Gasteiger partial charge is 0.274 e. The van der Waals surface area contributed by atoms with Crippen molar-refractivity contribution in [3.63, 3.8) is 0 Å². The predicted octanol–water partition coefficient (Wildman–Crippen LogP) is 0.393. The number of benzene rings is 1. The first kappa shape index (κ1) is 9.15. The summed E-state index contributed by atoms with van der Waals surface area (Å²) in [7, 11) is 0. The maximum Gasteiger partial charge on any atom is 0.274 e. The minimum Gasteiger partial charge on any atom is -0.285 e. The van der Waals surface area contributed by atoms with Gasteiger partial charge < -0.3 is 0 Å². The van der Waals surface area contributed by atoms with Gasteiger partial charge in [0.05, 0.1) is 5.39 Å². The highest BCUT2D eigenvalue weighted by Gasteiger charge is 2.14. The molecule has 70 valence electrons. The second kappa shape index (κ2) is 2.78. The van der Waals surface area contributed by atoms with Gasteiger partial charge in [-0.2, -0.15) is 0 Å². The van der Waals surface area contributed by atoms with Gasteiger partial charge in [-0.05, 0) is 18.6 Å². The van der Waals surface area contributed by atoms with Crippen LogP contribution in [-0.2, 0) is 0 Å². The van der Waals surface area contributed by atoms with Crippen LogP contribution in [0.5, 0.6) is 0 Å². The molecule has 3 nitrogen and oxygen atoms in total. The summed E-state index contributed by atoms with van der Waals surface area (Å²) in [5.41, 5.74) is -1.64. The molecule has 2 rings (SSSR count). The van der Waals surface area contributed by atoms with E-state index in [0.717, 1.165) is 5.56 Å². The molecule has 14 heavy (non-hydrogen) atoms. The van der Waals surface area contributed by atoms with E-state index >= 15 is 0 Å². The van der Waals surface area contributed by atoms with Gasteiger partial charge in [-0.15, -0.1) is 12.6 Å². The fourth-order valence-electron chi connectivity index (χ4n) is 1.45. The van der Waals surface area contributed by atoms with E-state index in [-0.39, 0.29) is 10.8 Å². The number of rotatable bonds is 0. The van der Waals surface area contributed by atoms with Crippen molar-refractivity contribution in [3.05, 3.63) is 48.4 Å². The van der Waals surface area contributed by atoms with Crippen molar-refractivity contribution in [2.75, 3.05) is 0 Å². The van der Waals surface area contributed by atoms with Crippen molar-refractivity contribution in [1.29, 1.82) is 0 Å². The fraction of sp³-hybridized carbons (Fsp3) is 0.100. The highest BCUT2D eigenvalue weighted by Crippen LogP contribution is 2.19. The molecule has 0 bridgehead atoms. The monoisotopic (exact) mass is 206 g/mol. The summed E-state index contributed by atoms with van der Waals surface area (Å²) in [6.07, 6.45) is 0. The van der Waals surface area contributed by atoms with Crippen LogP contribution >= 0.6 is 12.6 Å². The number of hydrogen-bond acceptors (Lipinski definition) is 4. The molecule has 0 unspecified atom stereocenters. The lowest BCUT2D eigenvalue weighted by Gasteiger charge is -1.97. The average Bonchev–Trinajstić information content (AvgIpc) is 2.38. The normalized spacial score (nSPS) is 11.0. The highest BCUT2D eigenvalue weighted by atomic mass is 32.1. The topological polar surface area (TPSA) is 51.2 Å². The summed E-state index contributed by atoms with van der Waals surface area (Å²) in [6.45, 7) is 1.77. The number of aryl methyl sites for hydroxylation is 1. The van der Waals surface area contributed by atoms with Gasteiger partial charge in [-0.1, -0.05) is 6.07 Å². The number of thiol groups is 1. The van der Waals surface area contributed by atoms with Crippen LogP contribution in [0.25, 0.3) is 10.8 Å². The standard InChI is InChI=1S/C10H6O3S/c1-4-2-3-5-6(10(4)14)8(12)9(13)7(5)11/h2-3,14H,1H3. The van der Waals surface area contributed by atoms with Crippen LogP contribution in [0.15, 0.2) is 31.4 Å². The second-order valence-electron chi connectivity index (χ2n) is 3.14. The Labute approximate surface area is 84.1 Å². The van der Waals surface area contributed by atoms with Gasteiger partial charge in [0.2, 0.25) is 10.9 Å². The van der Waals surface area contributed by atoms with Crippen LogP contribution in [0.4, 0.5) is 0 Å². The average molecular weight is 206 g/mol. The maximum atomic E-state index is 11.4. The zero-order chi connectivity index (χ0) is 10.5. The highest BCUT2D eigenvalue weighted by molar-refractivity contribution is 7.80. The Morgan fingerprint density at radius 3 is 2.29 bits per heavy atom. The van der Waals surface area contributed by atoms with Gasteiger partial charge in [0.1, 0.15) is 0 Å². The lowest BCUT2D eigenvalue weighted by Crippen LogP contribution is -2.29. The zero-order valence-electron chi connectivity index (χ0n) is 7.33. The lowest BCUT2D eigenvalue weighted by molar-refractivity contribution is 1.36. The van der Waals surface area contributed by atoms with Gasteiger partial charge in [0, 0.05) is 10.3 Å². The van der Waals surface area contributed by atoms with Gasteiger partial charge in [-0.25, -0.2) is 0 Å². The van der Waals surface area contributed by atoms with E-state index in [1.165, 1.54) is 6.07 Å². The first-order chi connectivity index (χ1) is 6.54. The molecule has 0 saturated heterocycles. The molecule has 0 N–H and O–H groups in total. The molecule has 0 amide bonds. The van der Waals surface area contributed by atoms with Gasteiger partial charge in [0.15, 0.2) is 0 Å². The van der Waals surface area contributed by atoms with E-state index in [9.17, 15) is 14.4 Å². The summed E-state index contributed by atoms with van der Waals surface area (Å²) in [5.74, 6) is 0. The van der Waals surface area contributed by atoms with Crippen molar-refractivity contribution in [2.45, 2.75) is 11.8 Å². The van der Waals surface area contributed by atoms with E-state index < -0.39 is 16.3 Å². The Balaban J connectivity index is 3.29. The molecule has 0 atom stereocenters. The van der Waals surface area contributed by atoms with Gasteiger partial charge in [0.25, 0.3) is 5.43 Å². The third-order valence-corrected chi connectivity index (χ3v) is 2.84. The molecule has 0 aliphatic heterocycles. The van der Waals surface area contributed by atoms with Crippen LogP contribution in [0.1, 0.15) is 5.56 Å². The first-order valence-electron chi connectivity index (χ1n) is 4.00. The third-order valence-electron chi connectivity index (χ3n) is 2.26. The summed E-state index contributed by atoms with van der Waals surface area (Å²) in [4.78, 5) is 34.1. The molecule has 0 fully saturated rings. The molecule has 4 heteroatoms. The van der Waals surface area contributed by atoms with E-state index in [1.807, 2.05) is 0 Å². The number of hydrogen-bond donors (Lipinski definition) is 1. The Morgan fingerprint density at radius 1 is 1.00 bits per heavy atom. The quantitative estimate of drug-likeness (QED) is 0.501. The lowest BCUT2D eigenvalue weighted by atomic mass is 10.1. The van der Waals surface area contributed by atoms with Gasteiger partial charge in [-0.3, -0.25) is 14.4 Å². The zero-order valence-corrected chi connectivity index (χ0v) is 8.22. The molecule has 0 aliphatic carbocycles. The van der Waals surface area contributed by atoms with Crippen molar-refractivity contribution in [1.82, 2.24) is 0 Å². The first-order valence-corrected chi connectivity index (χ1v) is 4.44. The number of fused-ring (bicyclic) bond motifs is 1. The molecule has 0 aliphatic rings. The molecule has 2 aromatic carbocycles. The Morgan fingerprint density at radius 2 is 1.64 bits per heavy atom. The third kappa shape index (κ3) is 0.974. The maximum absolute atomic E-state index is 11.4. The van der Waals surface area contributed by atoms with Crippen LogP contribution in [0, 0.1) is 6.92 Å². The summed E-state index contributed by atoms with van der Waals surface area (Å²) in [5, 5.41) is 0.332. The molecule has 0 spiro atoms. The SMILES string of the molecule is Cc1ccc2c(=O)c(=O)c(=O)c2c1S. The predicted molar refractivity (Wildman–Crippen MR) is 57.1 cm³/mol. The van der Waals surface area contributed by atoms with Gasteiger partial charge >= 0.3 is 0 Å². The van der Waals surface area contributed by atoms with Crippen molar-refractivity contribution in [3.8, 4) is 0 Å². The second-order valence-corrected chi connectivity index (χ2v) is 3.59. The van der Waals surface area contributed by atoms with Crippen LogP contribution in [0.2, 0.25) is 0 Å². The Kier molecular flexibility index (Phi) is 1.82. The molecule has 0 radical (unpaired) electrons. The van der Waals surface area contributed by atoms with Crippen molar-refractivity contribution < 1.29 is 0 Å². The molecule has 0 aromatic heterocycles. The Hall–Kier alpha value is -1.42. The van der Waals surface area contributed by atoms with Crippen molar-refractivity contribution >= 4 is 23.4 Å². The van der Waals surface area contributed by atoms with Crippen LogP contribution < -0.4 is 16.3 Å². The molecular weight excluding hydrogens is 200 g/mol. The van der Waals surface area contributed by atoms with Crippen LogP contribution in [0.3, 0.4) is 0 Å². The van der Waals surface area contributed by atoms with E-state index in [4.69, 9.17) is 0 Å². The fourth-order valence-corrected chi connectivity index (χ4v) is 1.75. The van der Waals surface area contributed by atoms with E-state index in [0.29, 0.717) is 4.90 Å². The molecular formula is C10H6O3S. The van der Waals surface area contributed by atoms with E-state index in [1.54, 1.807) is 13.0 Å². The molecule has 0 heterocycles. The summed E-state index contributed by atoms with van der Waals surface area (Å²) in [6, 6.07) is 3.17.